The summed E-state index contributed by atoms with van der Waals surface area (Å²) in [5, 5.41) is 0. The van der Waals surface area contributed by atoms with E-state index >= 15 is 0 Å². The van der Waals surface area contributed by atoms with Crippen molar-refractivity contribution in [3.05, 3.63) is 83.9 Å². The summed E-state index contributed by atoms with van der Waals surface area (Å²) in [5.74, 6) is 0. The first-order valence-corrected chi connectivity index (χ1v) is 7.59. The maximum atomic E-state index is 5.92. The predicted octanol–water partition coefficient (Wildman–Crippen LogP) is 4.35. The molecule has 0 saturated carbocycles. The Balaban J connectivity index is 1.94. The molecule has 4 N–H and O–H groups in total. The molecule has 0 aliphatic carbocycles. The third-order valence-corrected chi connectivity index (χ3v) is 3.48. The van der Waals surface area contributed by atoms with Gasteiger partial charge in [0.15, 0.2) is 0 Å². The van der Waals surface area contributed by atoms with Crippen LogP contribution in [0.25, 0.3) is 0 Å². The molecule has 0 radical (unpaired) electrons. The summed E-state index contributed by atoms with van der Waals surface area (Å²) in [7, 11) is 0. The molecule has 3 aromatic rings. The van der Waals surface area contributed by atoms with Crippen LogP contribution in [0.15, 0.2) is 82.8 Å². The van der Waals surface area contributed by atoms with Crippen LogP contribution in [0.2, 0.25) is 0 Å². The summed E-state index contributed by atoms with van der Waals surface area (Å²) >= 11 is 0. The fraction of sp³-hybridized carbons (Fsp3) is 0. The Morgan fingerprint density at radius 2 is 0.958 bits per heavy atom. The molecule has 0 unspecified atom stereocenters. The van der Waals surface area contributed by atoms with E-state index in [1.54, 1.807) is 24.6 Å². The minimum absolute atomic E-state index is 0.494. The molecule has 3 aromatic carbocycles. The fourth-order valence-electron chi connectivity index (χ4n) is 2.18. The van der Waals surface area contributed by atoms with Crippen molar-refractivity contribution < 1.29 is 0 Å². The number of benzene rings is 3. The first-order valence-electron chi connectivity index (χ1n) is 7.59. The summed E-state index contributed by atoms with van der Waals surface area (Å²) in [4.78, 5) is 9.03. The van der Waals surface area contributed by atoms with Crippen LogP contribution in [-0.2, 0) is 0 Å². The maximum Gasteiger partial charge on any atom is 0.0908 e. The van der Waals surface area contributed by atoms with Crippen molar-refractivity contribution in [2.75, 3.05) is 11.5 Å². The summed E-state index contributed by atoms with van der Waals surface area (Å²) in [5.41, 5.74) is 16.2. The van der Waals surface area contributed by atoms with Crippen LogP contribution in [-0.4, -0.2) is 12.4 Å². The highest BCUT2D eigenvalue weighted by Crippen LogP contribution is 2.34. The van der Waals surface area contributed by atoms with Gasteiger partial charge < -0.3 is 11.5 Å². The Hall–Kier alpha value is -3.40. The smallest absolute Gasteiger partial charge is 0.0908 e. The van der Waals surface area contributed by atoms with E-state index in [4.69, 9.17) is 11.5 Å². The van der Waals surface area contributed by atoms with E-state index in [2.05, 4.69) is 9.98 Å². The van der Waals surface area contributed by atoms with Crippen molar-refractivity contribution in [1.29, 1.82) is 0 Å². The van der Waals surface area contributed by atoms with Crippen LogP contribution in [0.1, 0.15) is 11.1 Å². The number of hydrogen-bond donors (Lipinski definition) is 2. The molecule has 3 rings (SSSR count). The number of nitrogen functional groups attached to an aromatic ring is 2. The Bertz CT molecular complexity index is 794. The summed E-state index contributed by atoms with van der Waals surface area (Å²) in [6.45, 7) is 0. The van der Waals surface area contributed by atoms with Crippen molar-refractivity contribution in [2.45, 2.75) is 0 Å². The molecule has 0 spiro atoms. The standard InChI is InChI=1S/C20H18N4/c21-17-11-19(23-13-15-7-3-1-4-8-15)20(12-18(17)22)24-14-16-9-5-2-6-10-16/h1-14H,21-22H2. The van der Waals surface area contributed by atoms with Gasteiger partial charge in [-0.2, -0.15) is 0 Å². The molecule has 4 nitrogen and oxygen atoms in total. The maximum absolute atomic E-state index is 5.92. The first-order chi connectivity index (χ1) is 11.7. The molecule has 118 valence electrons. The van der Waals surface area contributed by atoms with E-state index in [9.17, 15) is 0 Å². The Kier molecular flexibility index (Phi) is 4.68. The number of rotatable bonds is 4. The van der Waals surface area contributed by atoms with E-state index in [1.165, 1.54) is 0 Å². The van der Waals surface area contributed by atoms with Gasteiger partial charge in [0.1, 0.15) is 0 Å². The average Bonchev–Trinajstić information content (AvgIpc) is 2.63. The van der Waals surface area contributed by atoms with Crippen molar-refractivity contribution in [2.24, 2.45) is 9.98 Å². The van der Waals surface area contributed by atoms with Crippen LogP contribution in [0, 0.1) is 0 Å². The van der Waals surface area contributed by atoms with E-state index in [0.29, 0.717) is 22.7 Å². The molecule has 0 heterocycles. The van der Waals surface area contributed by atoms with E-state index in [1.807, 2.05) is 60.7 Å². The lowest BCUT2D eigenvalue weighted by molar-refractivity contribution is 1.45. The van der Waals surface area contributed by atoms with Crippen molar-refractivity contribution in [1.82, 2.24) is 0 Å². The first kappa shape index (κ1) is 15.5. The molecular weight excluding hydrogens is 296 g/mol. The second-order valence-corrected chi connectivity index (χ2v) is 5.31. The van der Waals surface area contributed by atoms with Crippen molar-refractivity contribution in [3.8, 4) is 0 Å². The number of anilines is 2. The van der Waals surface area contributed by atoms with Crippen LogP contribution in [0.3, 0.4) is 0 Å². The highest BCUT2D eigenvalue weighted by molar-refractivity contribution is 5.89. The summed E-state index contributed by atoms with van der Waals surface area (Å²) < 4.78 is 0. The monoisotopic (exact) mass is 314 g/mol. The van der Waals surface area contributed by atoms with Crippen LogP contribution >= 0.6 is 0 Å². The van der Waals surface area contributed by atoms with Gasteiger partial charge in [-0.3, -0.25) is 9.98 Å². The molecule has 0 amide bonds. The zero-order valence-electron chi connectivity index (χ0n) is 13.1. The SMILES string of the molecule is Nc1cc(N=Cc2ccccc2)c(N=Cc2ccccc2)cc1N. The van der Waals surface area contributed by atoms with Gasteiger partial charge in [-0.05, 0) is 23.3 Å². The van der Waals surface area contributed by atoms with Gasteiger partial charge in [-0.25, -0.2) is 0 Å². The highest BCUT2D eigenvalue weighted by Gasteiger charge is 2.04. The molecule has 0 atom stereocenters. The predicted molar refractivity (Wildman–Crippen MR) is 103 cm³/mol. The van der Waals surface area contributed by atoms with Gasteiger partial charge in [0.05, 0.1) is 22.7 Å². The molecular formula is C20H18N4. The van der Waals surface area contributed by atoms with E-state index in [0.717, 1.165) is 11.1 Å². The zero-order valence-corrected chi connectivity index (χ0v) is 13.1. The third-order valence-electron chi connectivity index (χ3n) is 3.48. The number of nitrogens with zero attached hydrogens (tertiary/aromatic N) is 2. The molecule has 0 fully saturated rings. The van der Waals surface area contributed by atoms with Gasteiger partial charge in [-0.1, -0.05) is 60.7 Å². The summed E-state index contributed by atoms with van der Waals surface area (Å²) in [6.07, 6.45) is 3.57. The molecule has 0 bridgehead atoms. The van der Waals surface area contributed by atoms with Gasteiger partial charge in [0.25, 0.3) is 0 Å². The topological polar surface area (TPSA) is 76.8 Å². The molecule has 0 aromatic heterocycles. The number of nitrogens with two attached hydrogens (primary N) is 2. The van der Waals surface area contributed by atoms with Gasteiger partial charge >= 0.3 is 0 Å². The van der Waals surface area contributed by atoms with Crippen LogP contribution in [0.4, 0.5) is 22.7 Å². The molecule has 4 heteroatoms. The Morgan fingerprint density at radius 1 is 0.583 bits per heavy atom. The quantitative estimate of drug-likeness (QED) is 0.554. The largest absolute Gasteiger partial charge is 0.397 e. The molecule has 24 heavy (non-hydrogen) atoms. The van der Waals surface area contributed by atoms with Gasteiger partial charge in [-0.15, -0.1) is 0 Å². The normalized spacial score (nSPS) is 11.3. The summed E-state index contributed by atoms with van der Waals surface area (Å²) in [6, 6.07) is 23.2. The average molecular weight is 314 g/mol. The second-order valence-electron chi connectivity index (χ2n) is 5.31. The second kappa shape index (κ2) is 7.24. The molecule has 0 aliphatic heterocycles. The van der Waals surface area contributed by atoms with Crippen molar-refractivity contribution >= 4 is 35.2 Å². The highest BCUT2D eigenvalue weighted by atomic mass is 14.8. The molecule has 0 saturated heterocycles. The van der Waals surface area contributed by atoms with E-state index < -0.39 is 0 Å². The minimum atomic E-state index is 0.494. The lowest BCUT2D eigenvalue weighted by atomic mass is 10.2. The van der Waals surface area contributed by atoms with Crippen LogP contribution in [0.5, 0.6) is 0 Å². The van der Waals surface area contributed by atoms with E-state index in [-0.39, 0.29) is 0 Å². The fourth-order valence-corrected chi connectivity index (χ4v) is 2.18. The Labute approximate surface area is 141 Å². The Morgan fingerprint density at radius 3 is 1.33 bits per heavy atom. The lowest BCUT2D eigenvalue weighted by Crippen LogP contribution is -1.94. The molecule has 0 aliphatic rings. The minimum Gasteiger partial charge on any atom is -0.397 e. The zero-order chi connectivity index (χ0) is 16.8. The van der Waals surface area contributed by atoms with Crippen molar-refractivity contribution in [3.63, 3.8) is 0 Å². The van der Waals surface area contributed by atoms with Crippen LogP contribution < -0.4 is 11.5 Å². The number of hydrogen-bond acceptors (Lipinski definition) is 4. The third kappa shape index (κ3) is 3.87. The van der Waals surface area contributed by atoms with Gasteiger partial charge in [0.2, 0.25) is 0 Å². The lowest BCUT2D eigenvalue weighted by Gasteiger charge is -2.05. The van der Waals surface area contributed by atoms with Gasteiger partial charge in [0, 0.05) is 12.4 Å². The number of aliphatic imine (C=N–C) groups is 2.